The van der Waals surface area contributed by atoms with Crippen LogP contribution in [0.15, 0.2) is 36.7 Å². The Kier molecular flexibility index (Phi) is 6.66. The van der Waals surface area contributed by atoms with Gasteiger partial charge in [-0.05, 0) is 30.2 Å². The van der Waals surface area contributed by atoms with Gasteiger partial charge in [0.15, 0.2) is 0 Å². The summed E-state index contributed by atoms with van der Waals surface area (Å²) >= 11 is 12.0. The molecule has 1 amide bonds. The highest BCUT2D eigenvalue weighted by Crippen LogP contribution is 2.21. The second-order valence-corrected chi connectivity index (χ2v) is 6.99. The Morgan fingerprint density at radius 1 is 1.12 bits per heavy atom. The van der Waals surface area contributed by atoms with E-state index in [4.69, 9.17) is 23.2 Å². The number of benzene rings is 1. The number of hydrogen-bond donors (Lipinski definition) is 1. The molecule has 0 saturated carbocycles. The number of amides is 1. The molecule has 1 aliphatic rings. The number of piperazine rings is 1. The molecule has 8 heteroatoms. The van der Waals surface area contributed by atoms with Gasteiger partial charge in [0.25, 0.3) is 0 Å². The van der Waals surface area contributed by atoms with E-state index in [-0.39, 0.29) is 5.91 Å². The molecule has 1 N–H and O–H groups in total. The van der Waals surface area contributed by atoms with Crippen LogP contribution in [0.2, 0.25) is 10.0 Å². The van der Waals surface area contributed by atoms with Crippen LogP contribution in [0.3, 0.4) is 0 Å². The minimum atomic E-state index is 0.0273. The first kappa shape index (κ1) is 18.9. The van der Waals surface area contributed by atoms with Crippen LogP contribution in [0.4, 0.5) is 5.95 Å². The summed E-state index contributed by atoms with van der Waals surface area (Å²) in [5.74, 6) is 0.774. The quantitative estimate of drug-likeness (QED) is 0.815. The fourth-order valence-corrected chi connectivity index (χ4v) is 3.38. The lowest BCUT2D eigenvalue weighted by molar-refractivity contribution is -0.122. The van der Waals surface area contributed by atoms with Crippen LogP contribution < -0.4 is 10.2 Å². The molecule has 2 heterocycles. The summed E-state index contributed by atoms with van der Waals surface area (Å²) in [4.78, 5) is 25.0. The van der Waals surface area contributed by atoms with Crippen molar-refractivity contribution in [3.8, 4) is 0 Å². The summed E-state index contributed by atoms with van der Waals surface area (Å²) in [6.07, 6.45) is 4.17. The van der Waals surface area contributed by atoms with Crippen LogP contribution in [0, 0.1) is 0 Å². The largest absolute Gasteiger partial charge is 0.355 e. The number of anilines is 1. The van der Waals surface area contributed by atoms with E-state index in [0.29, 0.717) is 29.6 Å². The molecular formula is C18H21Cl2N5O. The van der Waals surface area contributed by atoms with Crippen molar-refractivity contribution in [1.29, 1.82) is 0 Å². The molecule has 1 aromatic heterocycles. The van der Waals surface area contributed by atoms with E-state index in [9.17, 15) is 4.79 Å². The first-order valence-electron chi connectivity index (χ1n) is 8.57. The van der Waals surface area contributed by atoms with E-state index >= 15 is 0 Å². The molecule has 0 spiro atoms. The van der Waals surface area contributed by atoms with Crippen LogP contribution in [0.1, 0.15) is 5.56 Å². The molecule has 138 valence electrons. The number of rotatable bonds is 6. The van der Waals surface area contributed by atoms with Gasteiger partial charge in [-0.3, -0.25) is 9.69 Å². The second kappa shape index (κ2) is 9.16. The highest BCUT2D eigenvalue weighted by molar-refractivity contribution is 6.35. The predicted molar refractivity (Wildman–Crippen MR) is 104 cm³/mol. The number of carbonyl (C=O) groups excluding carboxylic acids is 1. The first-order valence-corrected chi connectivity index (χ1v) is 9.32. The summed E-state index contributed by atoms with van der Waals surface area (Å²) in [6, 6.07) is 7.22. The number of halogens is 2. The maximum atomic E-state index is 12.1. The topological polar surface area (TPSA) is 61.4 Å². The summed E-state index contributed by atoms with van der Waals surface area (Å²) in [7, 11) is 0. The van der Waals surface area contributed by atoms with Crippen molar-refractivity contribution in [2.75, 3.05) is 44.2 Å². The standard InChI is InChI=1S/C18H21Cl2N5O/c19-15-3-2-14(16(20)12-15)4-7-21-17(26)13-24-8-10-25(11-9-24)18-22-5-1-6-23-18/h1-3,5-6,12H,4,7-11,13H2,(H,21,26). The van der Waals surface area contributed by atoms with Gasteiger partial charge < -0.3 is 10.2 Å². The van der Waals surface area contributed by atoms with Crippen molar-refractivity contribution in [2.45, 2.75) is 6.42 Å². The Hall–Kier alpha value is -1.89. The molecule has 0 unspecified atom stereocenters. The van der Waals surface area contributed by atoms with Gasteiger partial charge in [0.1, 0.15) is 0 Å². The molecule has 1 fully saturated rings. The normalized spacial score (nSPS) is 15.1. The average molecular weight is 394 g/mol. The lowest BCUT2D eigenvalue weighted by Gasteiger charge is -2.34. The van der Waals surface area contributed by atoms with Gasteiger partial charge in [-0.15, -0.1) is 0 Å². The van der Waals surface area contributed by atoms with Crippen molar-refractivity contribution >= 4 is 35.1 Å². The molecule has 26 heavy (non-hydrogen) atoms. The minimum absolute atomic E-state index is 0.0273. The van der Waals surface area contributed by atoms with Crippen molar-refractivity contribution in [3.63, 3.8) is 0 Å². The predicted octanol–water partition coefficient (Wildman–Crippen LogP) is 2.26. The van der Waals surface area contributed by atoms with Crippen LogP contribution >= 0.6 is 23.2 Å². The zero-order valence-corrected chi connectivity index (χ0v) is 15.9. The van der Waals surface area contributed by atoms with Crippen LogP contribution in [-0.2, 0) is 11.2 Å². The molecule has 6 nitrogen and oxygen atoms in total. The smallest absolute Gasteiger partial charge is 0.234 e. The van der Waals surface area contributed by atoms with Crippen LogP contribution in [-0.4, -0.2) is 60.0 Å². The number of carbonyl (C=O) groups is 1. The molecule has 0 atom stereocenters. The highest BCUT2D eigenvalue weighted by atomic mass is 35.5. The summed E-state index contributed by atoms with van der Waals surface area (Å²) in [5.41, 5.74) is 0.979. The van der Waals surface area contributed by atoms with E-state index in [1.807, 2.05) is 6.07 Å². The van der Waals surface area contributed by atoms with Gasteiger partial charge in [-0.25, -0.2) is 9.97 Å². The van der Waals surface area contributed by atoms with Crippen molar-refractivity contribution in [2.24, 2.45) is 0 Å². The number of hydrogen-bond acceptors (Lipinski definition) is 5. The molecule has 2 aromatic rings. The summed E-state index contributed by atoms with van der Waals surface area (Å²) in [6.45, 7) is 4.22. The molecule has 1 aromatic carbocycles. The monoisotopic (exact) mass is 393 g/mol. The van der Waals surface area contributed by atoms with Gasteiger partial charge in [0.05, 0.1) is 6.54 Å². The summed E-state index contributed by atoms with van der Waals surface area (Å²) in [5, 5.41) is 4.20. The molecule has 0 aliphatic carbocycles. The zero-order chi connectivity index (χ0) is 18.4. The number of aromatic nitrogens is 2. The maximum Gasteiger partial charge on any atom is 0.234 e. The average Bonchev–Trinajstić information content (AvgIpc) is 2.65. The van der Waals surface area contributed by atoms with E-state index in [1.54, 1.807) is 30.6 Å². The molecule has 1 saturated heterocycles. The van der Waals surface area contributed by atoms with E-state index in [1.165, 1.54) is 0 Å². The summed E-state index contributed by atoms with van der Waals surface area (Å²) < 4.78 is 0. The number of nitrogens with zero attached hydrogens (tertiary/aromatic N) is 4. The Labute approximate surface area is 163 Å². The SMILES string of the molecule is O=C(CN1CCN(c2ncccn2)CC1)NCCc1ccc(Cl)cc1Cl. The maximum absolute atomic E-state index is 12.1. The third-order valence-corrected chi connectivity index (χ3v) is 4.89. The highest BCUT2D eigenvalue weighted by Gasteiger charge is 2.20. The number of nitrogens with one attached hydrogen (secondary N) is 1. The van der Waals surface area contributed by atoms with E-state index in [0.717, 1.165) is 37.7 Å². The fraction of sp³-hybridized carbons (Fsp3) is 0.389. The van der Waals surface area contributed by atoms with Crippen molar-refractivity contribution in [3.05, 3.63) is 52.3 Å². The van der Waals surface area contributed by atoms with Gasteiger partial charge in [-0.2, -0.15) is 0 Å². The first-order chi connectivity index (χ1) is 12.6. The van der Waals surface area contributed by atoms with E-state index in [2.05, 4.69) is 25.1 Å². The van der Waals surface area contributed by atoms with Crippen molar-refractivity contribution < 1.29 is 4.79 Å². The Bertz CT molecular complexity index is 736. The van der Waals surface area contributed by atoms with Gasteiger partial charge >= 0.3 is 0 Å². The molecular weight excluding hydrogens is 373 g/mol. The van der Waals surface area contributed by atoms with Gasteiger partial charge in [-0.1, -0.05) is 29.3 Å². The van der Waals surface area contributed by atoms with Gasteiger partial charge in [0, 0.05) is 55.2 Å². The molecule has 0 bridgehead atoms. The Morgan fingerprint density at radius 3 is 2.54 bits per heavy atom. The third-order valence-electron chi connectivity index (χ3n) is 4.31. The Balaban J connectivity index is 1.38. The Morgan fingerprint density at radius 2 is 1.85 bits per heavy atom. The van der Waals surface area contributed by atoms with E-state index < -0.39 is 0 Å². The van der Waals surface area contributed by atoms with Crippen molar-refractivity contribution in [1.82, 2.24) is 20.2 Å². The lowest BCUT2D eigenvalue weighted by Crippen LogP contribution is -2.50. The zero-order valence-electron chi connectivity index (χ0n) is 14.4. The third kappa shape index (κ3) is 5.30. The molecule has 1 aliphatic heterocycles. The molecule has 0 radical (unpaired) electrons. The second-order valence-electron chi connectivity index (χ2n) is 6.15. The van der Waals surface area contributed by atoms with Crippen LogP contribution in [0.5, 0.6) is 0 Å². The molecule has 3 rings (SSSR count). The minimum Gasteiger partial charge on any atom is -0.355 e. The van der Waals surface area contributed by atoms with Crippen LogP contribution in [0.25, 0.3) is 0 Å². The lowest BCUT2D eigenvalue weighted by atomic mass is 10.1. The fourth-order valence-electron chi connectivity index (χ4n) is 2.88. The van der Waals surface area contributed by atoms with Gasteiger partial charge in [0.2, 0.25) is 11.9 Å².